The van der Waals surface area contributed by atoms with E-state index in [1.54, 1.807) is 6.07 Å². The standard InChI is InChI=1S/C22H32FN3O2/c23-19-3-1-2-4-20(19)26-15-13-25(14-16-26)12-11-18-7-5-17(6-8-18)9-10-21(27)22(24)28/h1-4,17-18H,5-16H2,(H2,24,28). The van der Waals surface area contributed by atoms with Gasteiger partial charge in [0, 0.05) is 32.6 Å². The molecule has 0 bridgehead atoms. The molecule has 1 saturated heterocycles. The fraction of sp³-hybridized carbons (Fsp3) is 0.636. The van der Waals surface area contributed by atoms with Gasteiger partial charge in [0.05, 0.1) is 5.69 Å². The third kappa shape index (κ3) is 5.77. The molecule has 1 aliphatic heterocycles. The van der Waals surface area contributed by atoms with Crippen molar-refractivity contribution in [2.75, 3.05) is 37.6 Å². The average molecular weight is 390 g/mol. The largest absolute Gasteiger partial charge is 0.367 e. The van der Waals surface area contributed by atoms with Crippen LogP contribution in [0.5, 0.6) is 0 Å². The van der Waals surface area contributed by atoms with E-state index in [1.165, 1.54) is 25.3 Å². The number of rotatable bonds is 8. The van der Waals surface area contributed by atoms with Crippen molar-refractivity contribution in [2.45, 2.75) is 44.9 Å². The first kappa shape index (κ1) is 20.8. The zero-order valence-corrected chi connectivity index (χ0v) is 16.6. The maximum atomic E-state index is 13.9. The minimum Gasteiger partial charge on any atom is -0.367 e. The van der Waals surface area contributed by atoms with Crippen LogP contribution in [0.2, 0.25) is 0 Å². The van der Waals surface area contributed by atoms with Crippen molar-refractivity contribution in [3.05, 3.63) is 30.1 Å². The molecule has 154 valence electrons. The number of amides is 1. The molecule has 1 amide bonds. The molecular weight excluding hydrogens is 357 g/mol. The van der Waals surface area contributed by atoms with Crippen LogP contribution < -0.4 is 10.6 Å². The lowest BCUT2D eigenvalue weighted by Crippen LogP contribution is -2.47. The van der Waals surface area contributed by atoms with Gasteiger partial charge in [-0.3, -0.25) is 14.5 Å². The number of carbonyl (C=O) groups excluding carboxylic acids is 2. The van der Waals surface area contributed by atoms with Crippen LogP contribution in [-0.4, -0.2) is 49.3 Å². The Hall–Kier alpha value is -1.95. The normalized spacial score (nSPS) is 23.5. The van der Waals surface area contributed by atoms with Crippen LogP contribution in [0.4, 0.5) is 10.1 Å². The highest BCUT2D eigenvalue weighted by molar-refractivity contribution is 6.35. The summed E-state index contributed by atoms with van der Waals surface area (Å²) in [6.45, 7) is 4.83. The molecule has 0 radical (unpaired) electrons. The lowest BCUT2D eigenvalue weighted by Gasteiger charge is -2.37. The maximum absolute atomic E-state index is 13.9. The van der Waals surface area contributed by atoms with Crippen molar-refractivity contribution in [2.24, 2.45) is 17.6 Å². The van der Waals surface area contributed by atoms with Gasteiger partial charge >= 0.3 is 0 Å². The molecule has 5 nitrogen and oxygen atoms in total. The topological polar surface area (TPSA) is 66.6 Å². The van der Waals surface area contributed by atoms with E-state index in [2.05, 4.69) is 9.80 Å². The molecule has 2 N–H and O–H groups in total. The number of ketones is 1. The Kier molecular flexibility index (Phi) is 7.43. The van der Waals surface area contributed by atoms with E-state index in [-0.39, 0.29) is 5.82 Å². The summed E-state index contributed by atoms with van der Waals surface area (Å²) in [5, 5.41) is 0. The van der Waals surface area contributed by atoms with Crippen LogP contribution in [0.25, 0.3) is 0 Å². The quantitative estimate of drug-likeness (QED) is 0.694. The fourth-order valence-electron chi connectivity index (χ4n) is 4.55. The Morgan fingerprint density at radius 3 is 2.18 bits per heavy atom. The lowest BCUT2D eigenvalue weighted by molar-refractivity contribution is -0.136. The van der Waals surface area contributed by atoms with Gasteiger partial charge < -0.3 is 10.6 Å². The minimum atomic E-state index is -0.802. The summed E-state index contributed by atoms with van der Waals surface area (Å²) in [6, 6.07) is 7.02. The Bertz CT molecular complexity index is 666. The second-order valence-electron chi connectivity index (χ2n) is 8.28. The van der Waals surface area contributed by atoms with Gasteiger partial charge in [-0.25, -0.2) is 4.39 Å². The van der Waals surface area contributed by atoms with Gasteiger partial charge in [0.15, 0.2) is 0 Å². The number of hydrogen-bond acceptors (Lipinski definition) is 4. The van der Waals surface area contributed by atoms with E-state index in [9.17, 15) is 14.0 Å². The van der Waals surface area contributed by atoms with Crippen LogP contribution >= 0.6 is 0 Å². The van der Waals surface area contributed by atoms with Gasteiger partial charge in [0.1, 0.15) is 5.82 Å². The second-order valence-corrected chi connectivity index (χ2v) is 8.28. The molecule has 1 aromatic carbocycles. The van der Waals surface area contributed by atoms with Gasteiger partial charge in [0.25, 0.3) is 5.91 Å². The molecule has 3 rings (SSSR count). The van der Waals surface area contributed by atoms with Crippen molar-refractivity contribution in [3.63, 3.8) is 0 Å². The summed E-state index contributed by atoms with van der Waals surface area (Å²) in [6.07, 6.45) is 7.04. The zero-order chi connectivity index (χ0) is 19.9. The number of carbonyl (C=O) groups is 2. The third-order valence-electron chi connectivity index (χ3n) is 6.44. The number of nitrogens with two attached hydrogens (primary N) is 1. The van der Waals surface area contributed by atoms with Crippen molar-refractivity contribution in [3.8, 4) is 0 Å². The Balaban J connectivity index is 1.32. The number of para-hydroxylation sites is 1. The number of halogens is 1. The van der Waals surface area contributed by atoms with Gasteiger partial charge in [-0.05, 0) is 43.4 Å². The number of nitrogens with zero attached hydrogens (tertiary/aromatic N) is 2. The summed E-state index contributed by atoms with van der Waals surface area (Å²) in [5.41, 5.74) is 5.74. The van der Waals surface area contributed by atoms with Gasteiger partial charge in [-0.15, -0.1) is 0 Å². The molecule has 0 atom stereocenters. The average Bonchev–Trinajstić information content (AvgIpc) is 2.72. The second kappa shape index (κ2) is 10.0. The molecule has 28 heavy (non-hydrogen) atoms. The first-order valence-electron chi connectivity index (χ1n) is 10.6. The highest BCUT2D eigenvalue weighted by Gasteiger charge is 2.24. The number of piperazine rings is 1. The van der Waals surface area contributed by atoms with Crippen molar-refractivity contribution in [1.29, 1.82) is 0 Å². The molecule has 1 heterocycles. The molecule has 2 aliphatic rings. The van der Waals surface area contributed by atoms with Crippen LogP contribution in [0.15, 0.2) is 24.3 Å². The van der Waals surface area contributed by atoms with Crippen LogP contribution in [0.1, 0.15) is 44.9 Å². The van der Waals surface area contributed by atoms with Gasteiger partial charge in [0.2, 0.25) is 5.78 Å². The number of Topliss-reactive ketones (excluding diaryl/α,β-unsaturated/α-hetero) is 1. The van der Waals surface area contributed by atoms with Crippen molar-refractivity contribution < 1.29 is 14.0 Å². The zero-order valence-electron chi connectivity index (χ0n) is 16.6. The molecule has 2 fully saturated rings. The van der Waals surface area contributed by atoms with Crippen LogP contribution in [-0.2, 0) is 9.59 Å². The van der Waals surface area contributed by atoms with E-state index in [0.717, 1.165) is 63.6 Å². The molecule has 0 unspecified atom stereocenters. The van der Waals surface area contributed by atoms with Crippen molar-refractivity contribution in [1.82, 2.24) is 4.90 Å². The highest BCUT2D eigenvalue weighted by atomic mass is 19.1. The molecular formula is C22H32FN3O2. The third-order valence-corrected chi connectivity index (χ3v) is 6.44. The maximum Gasteiger partial charge on any atom is 0.284 e. The summed E-state index contributed by atoms with van der Waals surface area (Å²) in [5.74, 6) is -0.0535. The fourth-order valence-corrected chi connectivity index (χ4v) is 4.55. The number of benzene rings is 1. The summed E-state index contributed by atoms with van der Waals surface area (Å²) >= 11 is 0. The smallest absolute Gasteiger partial charge is 0.284 e. The first-order chi connectivity index (χ1) is 13.5. The SMILES string of the molecule is NC(=O)C(=O)CCC1CCC(CCN2CCN(c3ccccc3F)CC2)CC1. The lowest BCUT2D eigenvalue weighted by atomic mass is 9.78. The Morgan fingerprint density at radius 1 is 0.964 bits per heavy atom. The number of hydrogen-bond donors (Lipinski definition) is 1. The van der Waals surface area contributed by atoms with Crippen LogP contribution in [0.3, 0.4) is 0 Å². The number of primary amides is 1. The predicted octanol–water partition coefficient (Wildman–Crippen LogP) is 2.98. The number of anilines is 1. The molecule has 1 aromatic rings. The molecule has 0 aromatic heterocycles. The van der Waals surface area contributed by atoms with E-state index >= 15 is 0 Å². The summed E-state index contributed by atoms with van der Waals surface area (Å²) in [4.78, 5) is 26.8. The molecule has 1 saturated carbocycles. The molecule has 6 heteroatoms. The monoisotopic (exact) mass is 389 g/mol. The van der Waals surface area contributed by atoms with E-state index in [0.29, 0.717) is 12.3 Å². The van der Waals surface area contributed by atoms with E-state index in [4.69, 9.17) is 5.73 Å². The Morgan fingerprint density at radius 2 is 1.57 bits per heavy atom. The Labute approximate surface area is 167 Å². The molecule has 0 spiro atoms. The van der Waals surface area contributed by atoms with Gasteiger partial charge in [-0.1, -0.05) is 37.8 Å². The highest BCUT2D eigenvalue weighted by Crippen LogP contribution is 2.33. The first-order valence-corrected chi connectivity index (χ1v) is 10.6. The molecule has 1 aliphatic carbocycles. The minimum absolute atomic E-state index is 0.134. The van der Waals surface area contributed by atoms with E-state index < -0.39 is 11.7 Å². The summed E-state index contributed by atoms with van der Waals surface area (Å²) in [7, 11) is 0. The van der Waals surface area contributed by atoms with Crippen molar-refractivity contribution >= 4 is 17.4 Å². The van der Waals surface area contributed by atoms with Crippen LogP contribution in [0, 0.1) is 17.7 Å². The predicted molar refractivity (Wildman–Crippen MR) is 109 cm³/mol. The summed E-state index contributed by atoms with van der Waals surface area (Å²) < 4.78 is 13.9. The van der Waals surface area contributed by atoms with E-state index in [1.807, 2.05) is 12.1 Å². The van der Waals surface area contributed by atoms with Gasteiger partial charge in [-0.2, -0.15) is 0 Å².